The van der Waals surface area contributed by atoms with Crippen molar-refractivity contribution in [3.05, 3.63) is 43.0 Å². The van der Waals surface area contributed by atoms with Crippen molar-refractivity contribution in [2.75, 3.05) is 36.8 Å². The summed E-state index contributed by atoms with van der Waals surface area (Å²) in [4.78, 5) is 16.6. The van der Waals surface area contributed by atoms with Gasteiger partial charge in [0.1, 0.15) is 12.4 Å². The van der Waals surface area contributed by atoms with Gasteiger partial charge in [-0.25, -0.2) is 9.13 Å². The minimum absolute atomic E-state index is 0. The molecule has 1 saturated heterocycles. The van der Waals surface area contributed by atoms with Crippen molar-refractivity contribution >= 4 is 17.3 Å². The predicted octanol–water partition coefficient (Wildman–Crippen LogP) is -2.75. The number of anilines is 2. The molecule has 0 unspecified atom stereocenters. The van der Waals surface area contributed by atoms with Gasteiger partial charge in [0, 0.05) is 37.6 Å². The van der Waals surface area contributed by atoms with Gasteiger partial charge >= 0.3 is 0 Å². The normalized spacial score (nSPS) is 14.5. The second-order valence-corrected chi connectivity index (χ2v) is 5.71. The van der Waals surface area contributed by atoms with Gasteiger partial charge in [-0.05, 0) is 24.3 Å². The van der Waals surface area contributed by atoms with E-state index in [2.05, 4.69) is 4.90 Å². The van der Waals surface area contributed by atoms with Crippen LogP contribution in [-0.4, -0.2) is 41.6 Å². The summed E-state index contributed by atoms with van der Waals surface area (Å²) in [6, 6.07) is 7.90. The third-order valence-corrected chi connectivity index (χ3v) is 4.03. The minimum Gasteiger partial charge on any atom is -1.00 e. The summed E-state index contributed by atoms with van der Waals surface area (Å²) in [7, 11) is 1.95. The molecule has 124 valence electrons. The summed E-state index contributed by atoms with van der Waals surface area (Å²) >= 11 is 0. The Morgan fingerprint density at radius 1 is 1.17 bits per heavy atom. The molecule has 0 radical (unpaired) electrons. The Morgan fingerprint density at radius 2 is 1.83 bits per heavy atom. The van der Waals surface area contributed by atoms with E-state index in [1.54, 1.807) is 0 Å². The van der Waals surface area contributed by atoms with Crippen LogP contribution in [0.25, 0.3) is 0 Å². The second-order valence-electron chi connectivity index (χ2n) is 5.71. The SMILES string of the molecule is C[n+]1ccn(CC(=O)N2CCN(c3ccc(N)cc3)CC2)c1.[Cl-]. The van der Waals surface area contributed by atoms with Gasteiger partial charge in [-0.15, -0.1) is 0 Å². The third-order valence-electron chi connectivity index (χ3n) is 4.03. The van der Waals surface area contributed by atoms with Crippen LogP contribution >= 0.6 is 0 Å². The fraction of sp³-hybridized carbons (Fsp3) is 0.375. The first kappa shape index (κ1) is 17.1. The lowest BCUT2D eigenvalue weighted by atomic mass is 10.2. The van der Waals surface area contributed by atoms with Crippen LogP contribution in [0.2, 0.25) is 0 Å². The van der Waals surface area contributed by atoms with Gasteiger partial charge in [0.2, 0.25) is 6.33 Å². The second kappa shape index (κ2) is 7.37. The lowest BCUT2D eigenvalue weighted by molar-refractivity contribution is -0.671. The number of nitrogen functional groups attached to an aromatic ring is 1. The maximum atomic E-state index is 12.3. The van der Waals surface area contributed by atoms with Crippen LogP contribution in [0, 0.1) is 0 Å². The quantitative estimate of drug-likeness (QED) is 0.489. The highest BCUT2D eigenvalue weighted by molar-refractivity contribution is 5.76. The Balaban J connectivity index is 0.00000192. The minimum atomic E-state index is 0. The Kier molecular flexibility index (Phi) is 5.50. The van der Waals surface area contributed by atoms with E-state index in [9.17, 15) is 4.79 Å². The molecule has 0 aliphatic carbocycles. The number of rotatable bonds is 3. The molecule has 1 amide bonds. The molecule has 2 N–H and O–H groups in total. The first-order chi connectivity index (χ1) is 10.6. The van der Waals surface area contributed by atoms with Gasteiger partial charge in [-0.3, -0.25) is 4.79 Å². The molecule has 0 bridgehead atoms. The number of hydrogen-bond donors (Lipinski definition) is 1. The molecule has 1 aliphatic rings. The zero-order valence-electron chi connectivity index (χ0n) is 13.2. The number of aromatic nitrogens is 2. The fourth-order valence-corrected chi connectivity index (χ4v) is 2.75. The number of nitrogens with zero attached hydrogens (tertiary/aromatic N) is 4. The smallest absolute Gasteiger partial charge is 0.264 e. The Morgan fingerprint density at radius 3 is 2.39 bits per heavy atom. The monoisotopic (exact) mass is 335 g/mol. The molecule has 1 aliphatic heterocycles. The number of benzene rings is 1. The Hall–Kier alpha value is -2.21. The molecule has 23 heavy (non-hydrogen) atoms. The average molecular weight is 336 g/mol. The zero-order valence-corrected chi connectivity index (χ0v) is 14.0. The number of piperazine rings is 1. The number of carbonyl (C=O) groups is 1. The number of amides is 1. The summed E-state index contributed by atoms with van der Waals surface area (Å²) in [6.45, 7) is 3.64. The van der Waals surface area contributed by atoms with E-state index in [0.29, 0.717) is 6.54 Å². The van der Waals surface area contributed by atoms with E-state index in [0.717, 1.165) is 31.9 Å². The molecule has 1 aromatic carbocycles. The van der Waals surface area contributed by atoms with Crippen LogP contribution in [0.15, 0.2) is 43.0 Å². The van der Waals surface area contributed by atoms with E-state index in [4.69, 9.17) is 5.73 Å². The standard InChI is InChI=1S/C16H22N5O.ClH/c1-18-6-7-19(13-18)12-16(22)21-10-8-20(9-11-21)15-4-2-14(17)3-5-15;/h2-7,13H,8-12,17H2,1H3;1H/q+1;/p-1. The van der Waals surface area contributed by atoms with Crippen LogP contribution in [0.1, 0.15) is 0 Å². The van der Waals surface area contributed by atoms with Crippen molar-refractivity contribution in [3.63, 3.8) is 0 Å². The Bertz CT molecular complexity index is 647. The molecular weight excluding hydrogens is 314 g/mol. The van der Waals surface area contributed by atoms with Crippen molar-refractivity contribution in [1.29, 1.82) is 0 Å². The van der Waals surface area contributed by atoms with E-state index in [-0.39, 0.29) is 18.3 Å². The summed E-state index contributed by atoms with van der Waals surface area (Å²) < 4.78 is 3.85. The van der Waals surface area contributed by atoms with Crippen LogP contribution in [0.4, 0.5) is 11.4 Å². The topological polar surface area (TPSA) is 58.4 Å². The zero-order chi connectivity index (χ0) is 15.5. The highest BCUT2D eigenvalue weighted by Gasteiger charge is 2.22. The molecular formula is C16H22ClN5O. The predicted molar refractivity (Wildman–Crippen MR) is 85.3 cm³/mol. The van der Waals surface area contributed by atoms with Gasteiger partial charge in [0.15, 0.2) is 6.54 Å². The fourth-order valence-electron chi connectivity index (χ4n) is 2.75. The summed E-state index contributed by atoms with van der Waals surface area (Å²) in [5.41, 5.74) is 7.66. The van der Waals surface area contributed by atoms with Crippen LogP contribution in [0.5, 0.6) is 0 Å². The van der Waals surface area contributed by atoms with E-state index < -0.39 is 0 Å². The molecule has 0 atom stereocenters. The van der Waals surface area contributed by atoms with Gasteiger partial charge in [-0.2, -0.15) is 0 Å². The summed E-state index contributed by atoms with van der Waals surface area (Å²) in [5.74, 6) is 0.174. The highest BCUT2D eigenvalue weighted by Crippen LogP contribution is 2.18. The van der Waals surface area contributed by atoms with E-state index in [1.807, 2.05) is 64.1 Å². The van der Waals surface area contributed by atoms with Crippen molar-refractivity contribution < 1.29 is 21.8 Å². The summed E-state index contributed by atoms with van der Waals surface area (Å²) in [6.07, 6.45) is 5.78. The summed E-state index contributed by atoms with van der Waals surface area (Å²) in [5, 5.41) is 0. The number of aryl methyl sites for hydroxylation is 1. The molecule has 0 saturated carbocycles. The molecule has 1 fully saturated rings. The lowest BCUT2D eigenvalue weighted by Crippen LogP contribution is -3.00. The van der Waals surface area contributed by atoms with Gasteiger partial charge in [0.05, 0.1) is 7.05 Å². The van der Waals surface area contributed by atoms with Crippen molar-refractivity contribution in [1.82, 2.24) is 9.47 Å². The lowest BCUT2D eigenvalue weighted by Gasteiger charge is -2.35. The van der Waals surface area contributed by atoms with Crippen molar-refractivity contribution in [2.45, 2.75) is 6.54 Å². The maximum Gasteiger partial charge on any atom is 0.264 e. The van der Waals surface area contributed by atoms with Gasteiger partial charge in [0.25, 0.3) is 5.91 Å². The average Bonchev–Trinajstić information content (AvgIpc) is 2.93. The van der Waals surface area contributed by atoms with Crippen LogP contribution in [0.3, 0.4) is 0 Å². The molecule has 7 heteroatoms. The largest absolute Gasteiger partial charge is 1.00 e. The maximum absolute atomic E-state index is 12.3. The number of imidazole rings is 1. The third kappa shape index (κ3) is 4.16. The number of nitrogens with two attached hydrogens (primary N) is 1. The van der Waals surface area contributed by atoms with Crippen molar-refractivity contribution in [3.8, 4) is 0 Å². The van der Waals surface area contributed by atoms with E-state index >= 15 is 0 Å². The number of carbonyl (C=O) groups excluding carboxylic acids is 1. The van der Waals surface area contributed by atoms with Gasteiger partial charge < -0.3 is 27.9 Å². The molecule has 1 aromatic heterocycles. The number of halogens is 1. The van der Waals surface area contributed by atoms with E-state index in [1.165, 1.54) is 5.69 Å². The molecule has 0 spiro atoms. The highest BCUT2D eigenvalue weighted by atomic mass is 35.5. The first-order valence-corrected chi connectivity index (χ1v) is 7.51. The van der Waals surface area contributed by atoms with Gasteiger partial charge in [-0.1, -0.05) is 0 Å². The molecule has 2 heterocycles. The number of hydrogen-bond acceptors (Lipinski definition) is 3. The van der Waals surface area contributed by atoms with Crippen LogP contribution < -0.4 is 27.6 Å². The molecule has 3 rings (SSSR count). The van der Waals surface area contributed by atoms with Crippen molar-refractivity contribution in [2.24, 2.45) is 7.05 Å². The Labute approximate surface area is 142 Å². The first-order valence-electron chi connectivity index (χ1n) is 7.51. The molecule has 2 aromatic rings. The van der Waals surface area contributed by atoms with Crippen LogP contribution in [-0.2, 0) is 18.4 Å². The molecule has 6 nitrogen and oxygen atoms in total.